The lowest BCUT2D eigenvalue weighted by Gasteiger charge is -2.26. The van der Waals surface area contributed by atoms with Gasteiger partial charge in [0.25, 0.3) is 0 Å². The van der Waals surface area contributed by atoms with Gasteiger partial charge in [-0.2, -0.15) is 5.26 Å². The minimum absolute atomic E-state index is 0.321. The largest absolute Gasteiger partial charge is 0.494 e. The number of nitriles is 1. The normalized spacial score (nSPS) is 12.4. The molecule has 0 bridgehead atoms. The number of ether oxygens (including phenoxy) is 1. The van der Waals surface area contributed by atoms with Gasteiger partial charge in [0.15, 0.2) is 0 Å². The Morgan fingerprint density at radius 1 is 1.23 bits per heavy atom. The summed E-state index contributed by atoms with van der Waals surface area (Å²) in [5.74, 6) is 0.594. The number of hydrogen-bond acceptors (Lipinski definition) is 8. The summed E-state index contributed by atoms with van der Waals surface area (Å²) in [6, 6.07) is 12.2. The average molecular weight is 577 g/mol. The summed E-state index contributed by atoms with van der Waals surface area (Å²) in [7, 11) is 7.60. The van der Waals surface area contributed by atoms with Crippen LogP contribution in [0.25, 0.3) is 28.2 Å². The predicted molar refractivity (Wildman–Crippen MR) is 173 cm³/mol. The molecule has 1 amide bonds. The number of rotatable bonds is 11. The number of carbonyl (C=O) groups excluding carboxylic acids is 1. The summed E-state index contributed by atoms with van der Waals surface area (Å²) in [5.41, 5.74) is 6.96. The number of likely N-dealkylation sites (N-methyl/N-ethyl adjacent to an activating group) is 2. The van der Waals surface area contributed by atoms with Crippen molar-refractivity contribution >= 4 is 45.9 Å². The second-order valence-corrected chi connectivity index (χ2v) is 10.7. The lowest BCUT2D eigenvalue weighted by Crippen LogP contribution is -2.29. The van der Waals surface area contributed by atoms with E-state index in [1.165, 1.54) is 23.2 Å². The Bertz CT molecular complexity index is 1750. The van der Waals surface area contributed by atoms with Crippen LogP contribution >= 0.6 is 0 Å². The molecule has 0 saturated heterocycles. The van der Waals surface area contributed by atoms with Crippen LogP contribution in [0.15, 0.2) is 61.5 Å². The van der Waals surface area contributed by atoms with Crippen molar-refractivity contribution in [2.45, 2.75) is 19.4 Å². The molecule has 4 aromatic rings. The van der Waals surface area contributed by atoms with Crippen LogP contribution in [-0.2, 0) is 17.8 Å². The maximum atomic E-state index is 12.4. The summed E-state index contributed by atoms with van der Waals surface area (Å²) < 4.78 is 8.06. The standard InChI is InChI=1S/C33H36N8O2/c1-6-30(42)36-26-18-27(29(43-5)19-28(26)40(4)17-16-39(2)3)37-33-35-20-23(11-8-14-34)31(38-33)25-21-41-15-9-12-22-10-7-13-24(25)32(22)41/h6-8,10-11,13,18-21H,1,9,12,15-17H2,2-5H3,(H,36,42)(H,35,37,38). The Labute approximate surface area is 251 Å². The molecule has 3 heterocycles. The number of anilines is 4. The van der Waals surface area contributed by atoms with Gasteiger partial charge in [-0.3, -0.25) is 4.79 Å². The fourth-order valence-corrected chi connectivity index (χ4v) is 5.39. The number of aromatic nitrogens is 3. The maximum absolute atomic E-state index is 12.4. The minimum Gasteiger partial charge on any atom is -0.494 e. The molecule has 2 N–H and O–H groups in total. The van der Waals surface area contributed by atoms with Crippen molar-refractivity contribution in [1.29, 1.82) is 5.26 Å². The van der Waals surface area contributed by atoms with Crippen molar-refractivity contribution in [2.75, 3.05) is 56.9 Å². The first-order valence-corrected chi connectivity index (χ1v) is 14.2. The molecule has 0 fully saturated rings. The van der Waals surface area contributed by atoms with Gasteiger partial charge in [0.1, 0.15) is 5.75 Å². The van der Waals surface area contributed by atoms with Gasteiger partial charge in [0, 0.05) is 67.7 Å². The van der Waals surface area contributed by atoms with Crippen molar-refractivity contribution in [2.24, 2.45) is 0 Å². The van der Waals surface area contributed by atoms with Gasteiger partial charge < -0.3 is 29.7 Å². The molecule has 43 heavy (non-hydrogen) atoms. The Morgan fingerprint density at radius 3 is 2.81 bits per heavy atom. The molecule has 10 heteroatoms. The highest BCUT2D eigenvalue weighted by Crippen LogP contribution is 2.39. The van der Waals surface area contributed by atoms with Crippen LogP contribution < -0.4 is 20.3 Å². The van der Waals surface area contributed by atoms with E-state index in [2.05, 4.69) is 67.0 Å². The fourth-order valence-electron chi connectivity index (χ4n) is 5.39. The number of para-hydroxylation sites is 1. The number of hydrogen-bond donors (Lipinski definition) is 2. The van der Waals surface area contributed by atoms with Crippen molar-refractivity contribution in [3.63, 3.8) is 0 Å². The lowest BCUT2D eigenvalue weighted by atomic mass is 10.0. The lowest BCUT2D eigenvalue weighted by molar-refractivity contribution is -0.111. The molecule has 220 valence electrons. The fraction of sp³-hybridized carbons (Fsp3) is 0.273. The third kappa shape index (κ3) is 6.22. The van der Waals surface area contributed by atoms with E-state index in [0.717, 1.165) is 54.7 Å². The number of carbonyl (C=O) groups is 1. The van der Waals surface area contributed by atoms with Crippen molar-refractivity contribution in [3.05, 3.63) is 72.6 Å². The van der Waals surface area contributed by atoms with Crippen LogP contribution in [-0.4, -0.2) is 66.7 Å². The minimum atomic E-state index is -0.321. The molecule has 1 aliphatic rings. The van der Waals surface area contributed by atoms with Crippen molar-refractivity contribution in [1.82, 2.24) is 19.4 Å². The van der Waals surface area contributed by atoms with Crippen molar-refractivity contribution in [3.8, 4) is 23.1 Å². The van der Waals surface area contributed by atoms with Crippen LogP contribution in [0, 0.1) is 11.3 Å². The second kappa shape index (κ2) is 12.8. The number of amides is 1. The van der Waals surface area contributed by atoms with Gasteiger partial charge in [-0.05, 0) is 50.7 Å². The van der Waals surface area contributed by atoms with Gasteiger partial charge >= 0.3 is 0 Å². The maximum Gasteiger partial charge on any atom is 0.247 e. The molecule has 0 saturated carbocycles. The molecule has 0 radical (unpaired) electrons. The average Bonchev–Trinajstić information content (AvgIpc) is 3.39. The molecule has 0 spiro atoms. The van der Waals surface area contributed by atoms with E-state index in [-0.39, 0.29) is 5.91 Å². The Kier molecular flexibility index (Phi) is 8.74. The van der Waals surface area contributed by atoms with E-state index < -0.39 is 0 Å². The molecule has 0 unspecified atom stereocenters. The third-order valence-electron chi connectivity index (χ3n) is 7.54. The highest BCUT2D eigenvalue weighted by Gasteiger charge is 2.21. The van der Waals surface area contributed by atoms with E-state index in [0.29, 0.717) is 28.8 Å². The van der Waals surface area contributed by atoms with Crippen LogP contribution in [0.1, 0.15) is 17.5 Å². The summed E-state index contributed by atoms with van der Waals surface area (Å²) in [6.45, 7) is 6.11. The first-order valence-electron chi connectivity index (χ1n) is 14.2. The Balaban J connectivity index is 1.59. The zero-order chi connectivity index (χ0) is 30.5. The SMILES string of the molecule is C=CC(=O)Nc1cc(Nc2ncc(C=CC#N)c(-c3cn4c5c(cccc35)CCC4)n2)c(OC)cc1N(C)CCN(C)C. The van der Waals surface area contributed by atoms with Crippen LogP contribution in [0.5, 0.6) is 5.75 Å². The van der Waals surface area contributed by atoms with Crippen LogP contribution in [0.3, 0.4) is 0 Å². The number of methoxy groups -OCH3 is 1. The highest BCUT2D eigenvalue weighted by molar-refractivity contribution is 6.02. The first-order chi connectivity index (χ1) is 20.8. The molecule has 0 aliphatic carbocycles. The monoisotopic (exact) mass is 576 g/mol. The van der Waals surface area contributed by atoms with E-state index in [1.54, 1.807) is 19.4 Å². The zero-order valence-corrected chi connectivity index (χ0v) is 25.0. The molecular formula is C33H36N8O2. The summed E-state index contributed by atoms with van der Waals surface area (Å²) in [6.07, 6.45) is 10.4. The number of benzene rings is 2. The number of allylic oxidation sites excluding steroid dienone is 1. The third-order valence-corrected chi connectivity index (χ3v) is 7.54. The highest BCUT2D eigenvalue weighted by atomic mass is 16.5. The van der Waals surface area contributed by atoms with Crippen molar-refractivity contribution < 1.29 is 9.53 Å². The topological polar surface area (TPSA) is 111 Å². The summed E-state index contributed by atoms with van der Waals surface area (Å²) in [5, 5.41) is 16.6. The molecule has 2 aromatic carbocycles. The zero-order valence-electron chi connectivity index (χ0n) is 25.0. The van der Waals surface area contributed by atoms with E-state index in [4.69, 9.17) is 9.72 Å². The quantitative estimate of drug-likeness (QED) is 0.179. The summed E-state index contributed by atoms with van der Waals surface area (Å²) in [4.78, 5) is 26.1. The van der Waals surface area contributed by atoms with Gasteiger partial charge in [0.2, 0.25) is 11.9 Å². The molecule has 1 aliphatic heterocycles. The van der Waals surface area contributed by atoms with Gasteiger partial charge in [0.05, 0.1) is 41.5 Å². The molecule has 10 nitrogen and oxygen atoms in total. The molecule has 0 atom stereocenters. The second-order valence-electron chi connectivity index (χ2n) is 10.7. The van der Waals surface area contributed by atoms with E-state index in [9.17, 15) is 10.1 Å². The van der Waals surface area contributed by atoms with Gasteiger partial charge in [-0.1, -0.05) is 24.8 Å². The van der Waals surface area contributed by atoms with Crippen LogP contribution in [0.4, 0.5) is 23.0 Å². The number of aryl methyl sites for hydroxylation is 2. The molecule has 5 rings (SSSR count). The Morgan fingerprint density at radius 2 is 2.07 bits per heavy atom. The predicted octanol–water partition coefficient (Wildman–Crippen LogP) is 5.46. The van der Waals surface area contributed by atoms with Gasteiger partial charge in [-0.25, -0.2) is 9.97 Å². The van der Waals surface area contributed by atoms with E-state index in [1.807, 2.05) is 33.3 Å². The van der Waals surface area contributed by atoms with E-state index >= 15 is 0 Å². The molecule has 2 aromatic heterocycles. The number of nitrogens with one attached hydrogen (secondary N) is 2. The summed E-state index contributed by atoms with van der Waals surface area (Å²) >= 11 is 0. The van der Waals surface area contributed by atoms with Gasteiger partial charge in [-0.15, -0.1) is 0 Å². The van der Waals surface area contributed by atoms with Crippen LogP contribution in [0.2, 0.25) is 0 Å². The molecular weight excluding hydrogens is 540 g/mol. The first kappa shape index (κ1) is 29.4. The number of nitrogens with zero attached hydrogens (tertiary/aromatic N) is 6. The smallest absolute Gasteiger partial charge is 0.247 e. The Hall–Kier alpha value is -5.14.